The van der Waals surface area contributed by atoms with E-state index in [1.807, 2.05) is 0 Å². The van der Waals surface area contributed by atoms with Crippen molar-refractivity contribution in [1.29, 1.82) is 0 Å². The van der Waals surface area contributed by atoms with Gasteiger partial charge in [-0.15, -0.1) is 0 Å². The first-order valence-corrected chi connectivity index (χ1v) is 9.38. The summed E-state index contributed by atoms with van der Waals surface area (Å²) in [4.78, 5) is 0. The van der Waals surface area contributed by atoms with Crippen molar-refractivity contribution in [3.05, 3.63) is 0 Å². The molecule has 4 bridgehead atoms. The number of hydrogen-bond donors (Lipinski definition) is 1. The minimum atomic E-state index is 0.0431. The Hall–Kier alpha value is -0.0400. The fourth-order valence-corrected chi connectivity index (χ4v) is 9.30. The molecule has 0 radical (unpaired) electrons. The van der Waals surface area contributed by atoms with Gasteiger partial charge >= 0.3 is 0 Å². The lowest BCUT2D eigenvalue weighted by Gasteiger charge is -2.40. The third-order valence-electron chi connectivity index (χ3n) is 9.44. The van der Waals surface area contributed by atoms with Gasteiger partial charge in [-0.1, -0.05) is 34.6 Å². The minimum Gasteiger partial charge on any atom is -0.393 e. The van der Waals surface area contributed by atoms with Crippen LogP contribution in [-0.4, -0.2) is 11.2 Å². The number of fused-ring (bicyclic) bond motifs is 11. The van der Waals surface area contributed by atoms with Crippen LogP contribution in [0.1, 0.15) is 60.3 Å². The molecule has 0 amide bonds. The largest absolute Gasteiger partial charge is 0.393 e. The van der Waals surface area contributed by atoms with Crippen molar-refractivity contribution < 1.29 is 5.11 Å². The molecule has 1 nitrogen and oxygen atoms in total. The summed E-state index contributed by atoms with van der Waals surface area (Å²) < 4.78 is 0. The maximum absolute atomic E-state index is 10.4. The van der Waals surface area contributed by atoms with E-state index in [0.29, 0.717) is 22.2 Å². The van der Waals surface area contributed by atoms with Crippen molar-refractivity contribution in [3.8, 4) is 0 Å². The van der Waals surface area contributed by atoms with E-state index in [4.69, 9.17) is 0 Å². The molecule has 0 aromatic rings. The zero-order chi connectivity index (χ0) is 14.9. The highest BCUT2D eigenvalue weighted by Gasteiger charge is 2.82. The van der Waals surface area contributed by atoms with Crippen molar-refractivity contribution in [2.24, 2.45) is 57.7 Å². The van der Waals surface area contributed by atoms with E-state index in [2.05, 4.69) is 34.6 Å². The van der Waals surface area contributed by atoms with Crippen LogP contribution in [-0.2, 0) is 0 Å². The van der Waals surface area contributed by atoms with Gasteiger partial charge in [-0.3, -0.25) is 0 Å². The second-order valence-corrected chi connectivity index (χ2v) is 10.9. The van der Waals surface area contributed by atoms with E-state index >= 15 is 0 Å². The highest BCUT2D eigenvalue weighted by atomic mass is 16.3. The standard InChI is InChI=1S/C20H32O/c1-18(2,3)20-9-11-7-13(17(20)19(20,4)5)16-12-6-10(15(11)16)8-14(12)21/h10-17,21H,6-9H2,1-5H3. The summed E-state index contributed by atoms with van der Waals surface area (Å²) in [6, 6.07) is 0. The van der Waals surface area contributed by atoms with Gasteiger partial charge < -0.3 is 5.11 Å². The van der Waals surface area contributed by atoms with Gasteiger partial charge in [0.1, 0.15) is 0 Å². The molecule has 9 unspecified atom stereocenters. The Morgan fingerprint density at radius 3 is 2.24 bits per heavy atom. The lowest BCUT2D eigenvalue weighted by Crippen LogP contribution is -2.33. The molecule has 0 aromatic carbocycles. The second-order valence-electron chi connectivity index (χ2n) is 10.9. The smallest absolute Gasteiger partial charge is 0.0574 e. The molecule has 0 heterocycles. The predicted octanol–water partition coefficient (Wildman–Crippen LogP) is 4.35. The summed E-state index contributed by atoms with van der Waals surface area (Å²) in [5.74, 6) is 6.28. The zero-order valence-corrected chi connectivity index (χ0v) is 14.4. The van der Waals surface area contributed by atoms with Crippen LogP contribution in [0.15, 0.2) is 0 Å². The quantitative estimate of drug-likeness (QED) is 0.657. The first-order chi connectivity index (χ1) is 9.70. The summed E-state index contributed by atoms with van der Waals surface area (Å²) in [7, 11) is 0. The summed E-state index contributed by atoms with van der Waals surface area (Å²) in [6.07, 6.45) is 5.53. The van der Waals surface area contributed by atoms with E-state index in [9.17, 15) is 5.11 Å². The Kier molecular flexibility index (Phi) is 2.17. The molecule has 5 fully saturated rings. The third-order valence-corrected chi connectivity index (χ3v) is 9.44. The molecule has 1 N–H and O–H groups in total. The molecule has 0 aliphatic heterocycles. The van der Waals surface area contributed by atoms with Crippen molar-refractivity contribution in [1.82, 2.24) is 0 Å². The van der Waals surface area contributed by atoms with Crippen molar-refractivity contribution in [2.45, 2.75) is 66.4 Å². The summed E-state index contributed by atoms with van der Waals surface area (Å²) in [5, 5.41) is 10.4. The average Bonchev–Trinajstić information content (AvgIpc) is 2.76. The molecule has 0 spiro atoms. The minimum absolute atomic E-state index is 0.0431. The van der Waals surface area contributed by atoms with Gasteiger partial charge in [0.05, 0.1) is 6.10 Å². The van der Waals surface area contributed by atoms with Crippen LogP contribution in [0.25, 0.3) is 0 Å². The molecule has 21 heavy (non-hydrogen) atoms. The molecule has 5 saturated carbocycles. The molecule has 9 atom stereocenters. The van der Waals surface area contributed by atoms with E-state index in [1.165, 1.54) is 19.3 Å². The Morgan fingerprint density at radius 2 is 1.57 bits per heavy atom. The number of aliphatic hydroxyl groups is 1. The first kappa shape index (κ1) is 13.4. The van der Waals surface area contributed by atoms with Gasteiger partial charge in [0.2, 0.25) is 0 Å². The van der Waals surface area contributed by atoms with E-state index in [0.717, 1.165) is 41.9 Å². The fraction of sp³-hybridized carbons (Fsp3) is 1.00. The maximum atomic E-state index is 10.4. The van der Waals surface area contributed by atoms with Gasteiger partial charge in [-0.25, -0.2) is 0 Å². The summed E-state index contributed by atoms with van der Waals surface area (Å²) in [5.41, 5.74) is 1.55. The molecule has 0 aromatic heterocycles. The number of hydrogen-bond acceptors (Lipinski definition) is 1. The Bertz CT molecular complexity index is 500. The third kappa shape index (κ3) is 1.21. The van der Waals surface area contributed by atoms with Crippen LogP contribution in [0, 0.1) is 57.7 Å². The van der Waals surface area contributed by atoms with E-state index in [1.54, 1.807) is 0 Å². The first-order valence-electron chi connectivity index (χ1n) is 9.38. The molecular weight excluding hydrogens is 256 g/mol. The highest BCUT2D eigenvalue weighted by molar-refractivity contribution is 5.30. The van der Waals surface area contributed by atoms with Crippen LogP contribution < -0.4 is 0 Å². The van der Waals surface area contributed by atoms with Crippen molar-refractivity contribution >= 4 is 0 Å². The van der Waals surface area contributed by atoms with Crippen molar-refractivity contribution in [2.75, 3.05) is 0 Å². The molecule has 0 saturated heterocycles. The highest BCUT2D eigenvalue weighted by Crippen LogP contribution is 2.87. The molecule has 1 heteroatoms. The Morgan fingerprint density at radius 1 is 0.905 bits per heavy atom. The van der Waals surface area contributed by atoms with Crippen LogP contribution >= 0.6 is 0 Å². The molecule has 5 rings (SSSR count). The van der Waals surface area contributed by atoms with Crippen molar-refractivity contribution in [3.63, 3.8) is 0 Å². The van der Waals surface area contributed by atoms with Gasteiger partial charge in [0.15, 0.2) is 0 Å². The van der Waals surface area contributed by atoms with Crippen LogP contribution in [0.2, 0.25) is 0 Å². The fourth-order valence-electron chi connectivity index (χ4n) is 9.30. The topological polar surface area (TPSA) is 20.2 Å². The monoisotopic (exact) mass is 288 g/mol. The Labute approximate surface area is 129 Å². The van der Waals surface area contributed by atoms with Gasteiger partial charge in [-0.05, 0) is 83.4 Å². The van der Waals surface area contributed by atoms with Crippen LogP contribution in [0.5, 0.6) is 0 Å². The van der Waals surface area contributed by atoms with E-state index in [-0.39, 0.29) is 6.10 Å². The molecular formula is C20H32O. The van der Waals surface area contributed by atoms with Gasteiger partial charge in [-0.2, -0.15) is 0 Å². The predicted molar refractivity (Wildman–Crippen MR) is 84.6 cm³/mol. The molecule has 5 aliphatic carbocycles. The lowest BCUT2D eigenvalue weighted by atomic mass is 9.64. The number of rotatable bonds is 0. The van der Waals surface area contributed by atoms with E-state index < -0.39 is 0 Å². The maximum Gasteiger partial charge on any atom is 0.0574 e. The lowest BCUT2D eigenvalue weighted by molar-refractivity contribution is 0.0395. The van der Waals surface area contributed by atoms with Gasteiger partial charge in [0.25, 0.3) is 0 Å². The second kappa shape index (κ2) is 3.40. The summed E-state index contributed by atoms with van der Waals surface area (Å²) in [6.45, 7) is 12.6. The van der Waals surface area contributed by atoms with Crippen LogP contribution in [0.4, 0.5) is 0 Å². The summed E-state index contributed by atoms with van der Waals surface area (Å²) >= 11 is 0. The molecule has 5 aliphatic rings. The Balaban J connectivity index is 1.58. The van der Waals surface area contributed by atoms with Crippen LogP contribution in [0.3, 0.4) is 0 Å². The number of aliphatic hydroxyl groups excluding tert-OH is 1. The average molecular weight is 288 g/mol. The zero-order valence-electron chi connectivity index (χ0n) is 14.4. The van der Waals surface area contributed by atoms with Gasteiger partial charge in [0, 0.05) is 0 Å². The molecule has 118 valence electrons. The SMILES string of the molecule is CC(C)(C)C12CC3CC(C4C5CC(CC5O)C34)C1C2(C)C. The normalized spacial score (nSPS) is 62.6.